The summed E-state index contributed by atoms with van der Waals surface area (Å²) in [4.78, 5) is 24.7. The minimum atomic E-state index is -3.72. The lowest BCUT2D eigenvalue weighted by Gasteiger charge is -2.31. The number of hydrogen-bond acceptors (Lipinski definition) is 4. The Morgan fingerprint density at radius 2 is 1.91 bits per heavy atom. The van der Waals surface area contributed by atoms with Crippen molar-refractivity contribution >= 4 is 27.5 Å². The Labute approximate surface area is 189 Å². The van der Waals surface area contributed by atoms with Crippen LogP contribution in [-0.4, -0.2) is 37.6 Å². The van der Waals surface area contributed by atoms with Gasteiger partial charge in [-0.1, -0.05) is 29.8 Å². The molecule has 0 saturated carbocycles. The number of amides is 2. The van der Waals surface area contributed by atoms with E-state index in [4.69, 9.17) is 0 Å². The Morgan fingerprint density at radius 3 is 2.69 bits per heavy atom. The SMILES string of the molecule is Cc1ccc(CNC(=O)[C@@H]2CCCN(S(=O)(=O)c3ccc4c(c3)CCCC(=O)N4)C2)cc1. The highest BCUT2D eigenvalue weighted by atomic mass is 32.2. The molecule has 1 atom stereocenters. The zero-order chi connectivity index (χ0) is 22.7. The van der Waals surface area contributed by atoms with Crippen molar-refractivity contribution in [2.24, 2.45) is 5.92 Å². The molecule has 0 aliphatic carbocycles. The Balaban J connectivity index is 1.44. The molecule has 2 aromatic carbocycles. The second kappa shape index (κ2) is 9.42. The summed E-state index contributed by atoms with van der Waals surface area (Å²) in [6.45, 7) is 3.02. The van der Waals surface area contributed by atoms with Crippen molar-refractivity contribution in [2.75, 3.05) is 18.4 Å². The van der Waals surface area contributed by atoms with Gasteiger partial charge in [0.25, 0.3) is 0 Å². The van der Waals surface area contributed by atoms with Gasteiger partial charge >= 0.3 is 0 Å². The van der Waals surface area contributed by atoms with Crippen molar-refractivity contribution in [1.82, 2.24) is 9.62 Å². The van der Waals surface area contributed by atoms with E-state index < -0.39 is 10.0 Å². The number of benzene rings is 2. The van der Waals surface area contributed by atoms with Crippen LogP contribution in [0.5, 0.6) is 0 Å². The highest BCUT2D eigenvalue weighted by molar-refractivity contribution is 7.89. The lowest BCUT2D eigenvalue weighted by atomic mass is 9.98. The van der Waals surface area contributed by atoms with E-state index in [0.717, 1.165) is 16.7 Å². The summed E-state index contributed by atoms with van der Waals surface area (Å²) in [5.74, 6) is -0.533. The highest BCUT2D eigenvalue weighted by Gasteiger charge is 2.33. The van der Waals surface area contributed by atoms with Gasteiger partial charge in [-0.3, -0.25) is 9.59 Å². The number of carbonyl (C=O) groups is 2. The van der Waals surface area contributed by atoms with Gasteiger partial charge in [-0.15, -0.1) is 0 Å². The summed E-state index contributed by atoms with van der Waals surface area (Å²) in [5.41, 5.74) is 3.69. The molecule has 4 rings (SSSR count). The zero-order valence-corrected chi connectivity index (χ0v) is 19.1. The third-order valence-electron chi connectivity index (χ3n) is 6.18. The standard InChI is InChI=1S/C24H29N3O4S/c1-17-7-9-18(10-8-17)15-25-24(29)20-5-3-13-27(16-20)32(30,31)21-11-12-22-19(14-21)4-2-6-23(28)26-22/h7-12,14,20H,2-6,13,15-16H2,1H3,(H,25,29)(H,26,28)/t20-/m1/s1. The number of anilines is 1. The van der Waals surface area contributed by atoms with E-state index >= 15 is 0 Å². The molecular weight excluding hydrogens is 426 g/mol. The Hall–Kier alpha value is -2.71. The van der Waals surface area contributed by atoms with E-state index in [2.05, 4.69) is 10.6 Å². The minimum absolute atomic E-state index is 0.0464. The number of sulfonamides is 1. The van der Waals surface area contributed by atoms with Gasteiger partial charge in [0.15, 0.2) is 0 Å². The van der Waals surface area contributed by atoms with Crippen LogP contribution in [0, 0.1) is 12.8 Å². The summed E-state index contributed by atoms with van der Waals surface area (Å²) in [6.07, 6.45) is 3.09. The zero-order valence-electron chi connectivity index (χ0n) is 18.3. The lowest BCUT2D eigenvalue weighted by molar-refractivity contribution is -0.126. The number of nitrogens with zero attached hydrogens (tertiary/aromatic N) is 1. The molecule has 7 nitrogen and oxygen atoms in total. The van der Waals surface area contributed by atoms with E-state index in [-0.39, 0.29) is 29.2 Å². The average molecular weight is 456 g/mol. The van der Waals surface area contributed by atoms with Crippen molar-refractivity contribution < 1.29 is 18.0 Å². The third-order valence-corrected chi connectivity index (χ3v) is 8.04. The van der Waals surface area contributed by atoms with Gasteiger partial charge in [0, 0.05) is 31.7 Å². The quantitative estimate of drug-likeness (QED) is 0.725. The van der Waals surface area contributed by atoms with Crippen LogP contribution in [0.2, 0.25) is 0 Å². The number of nitrogens with one attached hydrogen (secondary N) is 2. The predicted molar refractivity (Wildman–Crippen MR) is 123 cm³/mol. The first-order valence-electron chi connectivity index (χ1n) is 11.1. The maximum atomic E-state index is 13.3. The van der Waals surface area contributed by atoms with E-state index in [1.807, 2.05) is 31.2 Å². The van der Waals surface area contributed by atoms with Gasteiger partial charge in [-0.05, 0) is 61.9 Å². The van der Waals surface area contributed by atoms with Gasteiger partial charge in [0.05, 0.1) is 10.8 Å². The smallest absolute Gasteiger partial charge is 0.243 e. The molecule has 2 heterocycles. The number of carbonyl (C=O) groups excluding carboxylic acids is 2. The molecule has 2 amide bonds. The minimum Gasteiger partial charge on any atom is -0.352 e. The summed E-state index contributed by atoms with van der Waals surface area (Å²) in [5, 5.41) is 5.78. The lowest BCUT2D eigenvalue weighted by Crippen LogP contribution is -2.45. The van der Waals surface area contributed by atoms with E-state index in [1.165, 1.54) is 4.31 Å². The molecule has 0 spiro atoms. The van der Waals surface area contributed by atoms with Gasteiger partial charge in [0.2, 0.25) is 21.8 Å². The van der Waals surface area contributed by atoms with Crippen LogP contribution in [0.1, 0.15) is 42.4 Å². The fourth-order valence-electron chi connectivity index (χ4n) is 4.27. The Bertz CT molecular complexity index is 1110. The number of aryl methyl sites for hydroxylation is 2. The van der Waals surface area contributed by atoms with E-state index in [9.17, 15) is 18.0 Å². The van der Waals surface area contributed by atoms with Gasteiger partial charge in [0.1, 0.15) is 0 Å². The fourth-order valence-corrected chi connectivity index (χ4v) is 5.85. The summed E-state index contributed by atoms with van der Waals surface area (Å²) < 4.78 is 28.0. The first-order valence-corrected chi connectivity index (χ1v) is 12.5. The van der Waals surface area contributed by atoms with Crippen molar-refractivity contribution in [3.05, 3.63) is 59.2 Å². The second-order valence-corrected chi connectivity index (χ2v) is 10.6. The van der Waals surface area contributed by atoms with E-state index in [0.29, 0.717) is 50.9 Å². The van der Waals surface area contributed by atoms with Crippen LogP contribution in [0.3, 0.4) is 0 Å². The van der Waals surface area contributed by atoms with Crippen molar-refractivity contribution in [3.8, 4) is 0 Å². The topological polar surface area (TPSA) is 95.6 Å². The first kappa shape index (κ1) is 22.5. The molecule has 2 N–H and O–H groups in total. The molecule has 170 valence electrons. The van der Waals surface area contributed by atoms with Gasteiger partial charge < -0.3 is 10.6 Å². The van der Waals surface area contributed by atoms with Crippen LogP contribution >= 0.6 is 0 Å². The first-order chi connectivity index (χ1) is 15.3. The number of piperidine rings is 1. The maximum Gasteiger partial charge on any atom is 0.243 e. The number of rotatable bonds is 5. The normalized spacial score (nSPS) is 19.5. The number of fused-ring (bicyclic) bond motifs is 1. The van der Waals surface area contributed by atoms with Gasteiger partial charge in [-0.25, -0.2) is 8.42 Å². The highest BCUT2D eigenvalue weighted by Crippen LogP contribution is 2.29. The molecule has 32 heavy (non-hydrogen) atoms. The molecule has 0 radical (unpaired) electrons. The monoisotopic (exact) mass is 455 g/mol. The van der Waals surface area contributed by atoms with Crippen LogP contribution in [0.25, 0.3) is 0 Å². The molecule has 0 aromatic heterocycles. The van der Waals surface area contributed by atoms with Gasteiger partial charge in [-0.2, -0.15) is 4.31 Å². The molecular formula is C24H29N3O4S. The van der Waals surface area contributed by atoms with Crippen LogP contribution in [0.15, 0.2) is 47.4 Å². The number of hydrogen-bond donors (Lipinski definition) is 2. The molecule has 8 heteroatoms. The average Bonchev–Trinajstić information content (AvgIpc) is 2.98. The molecule has 0 bridgehead atoms. The molecule has 2 aromatic rings. The maximum absolute atomic E-state index is 13.3. The molecule has 2 aliphatic heterocycles. The van der Waals surface area contributed by atoms with E-state index in [1.54, 1.807) is 18.2 Å². The van der Waals surface area contributed by atoms with Crippen LogP contribution < -0.4 is 10.6 Å². The third kappa shape index (κ3) is 5.02. The van der Waals surface area contributed by atoms with Crippen LogP contribution in [-0.2, 0) is 32.6 Å². The Kier molecular flexibility index (Phi) is 6.62. The fraction of sp³-hybridized carbons (Fsp3) is 0.417. The molecule has 0 unspecified atom stereocenters. The molecule has 2 aliphatic rings. The summed E-state index contributed by atoms with van der Waals surface area (Å²) >= 11 is 0. The Morgan fingerprint density at radius 1 is 1.12 bits per heavy atom. The van der Waals surface area contributed by atoms with Crippen molar-refractivity contribution in [1.29, 1.82) is 0 Å². The summed E-state index contributed by atoms with van der Waals surface area (Å²) in [6, 6.07) is 12.8. The second-order valence-electron chi connectivity index (χ2n) is 8.63. The largest absolute Gasteiger partial charge is 0.352 e. The molecule has 1 fully saturated rings. The van der Waals surface area contributed by atoms with Crippen molar-refractivity contribution in [3.63, 3.8) is 0 Å². The summed E-state index contributed by atoms with van der Waals surface area (Å²) in [7, 11) is -3.72. The molecule has 1 saturated heterocycles. The van der Waals surface area contributed by atoms with Crippen LogP contribution in [0.4, 0.5) is 5.69 Å². The predicted octanol–water partition coefficient (Wildman–Crippen LogP) is 2.99. The van der Waals surface area contributed by atoms with Crippen molar-refractivity contribution in [2.45, 2.75) is 50.5 Å².